The first-order chi connectivity index (χ1) is 36.4. The van der Waals surface area contributed by atoms with Crippen LogP contribution >= 0.6 is 44.5 Å². The fourth-order valence-electron chi connectivity index (χ4n) is 7.43. The van der Waals surface area contributed by atoms with Gasteiger partial charge in [-0.2, -0.15) is 24.6 Å². The summed E-state index contributed by atoms with van der Waals surface area (Å²) in [5.41, 5.74) is 8.65. The number of aromatic nitrogens is 8. The van der Waals surface area contributed by atoms with Gasteiger partial charge in [-0.1, -0.05) is 59.1 Å². The number of carbonyl (C=O) groups is 2. The number of carbonyl (C=O) groups excluding carboxylic acids is 2. The second-order valence-electron chi connectivity index (χ2n) is 16.5. The molecule has 0 aliphatic heterocycles. The molecule has 0 fully saturated rings. The molecule has 0 atom stereocenters. The van der Waals surface area contributed by atoms with E-state index in [2.05, 4.69) is 47.5 Å². The zero-order valence-electron chi connectivity index (χ0n) is 40.1. The molecular weight excluding hydrogens is 1090 g/mol. The van der Waals surface area contributed by atoms with E-state index in [9.17, 15) is 18.4 Å². The molecule has 19 heteroatoms. The van der Waals surface area contributed by atoms with Gasteiger partial charge in [-0.15, -0.1) is 0 Å². The Bertz CT molecular complexity index is 3410. The van der Waals surface area contributed by atoms with Crippen molar-refractivity contribution in [3.8, 4) is 22.5 Å². The van der Waals surface area contributed by atoms with E-state index in [0.29, 0.717) is 74.7 Å². The van der Waals surface area contributed by atoms with Crippen LogP contribution in [0.1, 0.15) is 62.0 Å². The number of nitrogens with zero attached hydrogens (tertiary/aromatic N) is 6. The van der Waals surface area contributed by atoms with Crippen LogP contribution in [0.5, 0.6) is 0 Å². The molecule has 4 N–H and O–H groups in total. The molecule has 75 heavy (non-hydrogen) atoms. The number of benzene rings is 6. The Labute approximate surface area is 460 Å². The van der Waals surface area contributed by atoms with Crippen molar-refractivity contribution in [3.05, 3.63) is 232 Å². The van der Waals surface area contributed by atoms with Gasteiger partial charge in [0.05, 0.1) is 33.5 Å². The standard InChI is InChI=1S/C28H23ClFN5O.C21H17ClFN5O.C7H6Cl.ClH.Zn/c29-21-8-3-18(4-9-21)16-25-27(19-5-10-22(30)11-6-19)35-24-17-20(7-12-23(24)34-25)28(36)33-13-1-2-26-31-14-15-32-26;22-20-19(13-3-6-15(23)7-4-13)27-17-12-14(5-8-16(17)28-20)21(29)26-9-1-2-18-24-10-11-25-18;1-6-2-4-7(8)5-3-6;;/h3-12,14-15,17H,1-2,13,16H2,(H,31,32)(H,33,36);3-8,10-12H,1-2,9H2,(H,24,25)(H,26,29);2-5H,1H2;1H;/q;;-1;;+2/p-1. The average Bonchev–Trinajstić information content (AvgIpc) is 4.17. The van der Waals surface area contributed by atoms with Gasteiger partial charge in [-0.3, -0.25) is 9.59 Å². The first-order valence-corrected chi connectivity index (χ1v) is 28.4. The zero-order valence-corrected chi connectivity index (χ0v) is 46.1. The quantitative estimate of drug-likeness (QED) is 0.0474. The molecular formula is C56H46Cl4F2N10O2Zn. The summed E-state index contributed by atoms with van der Waals surface area (Å²) >= 11 is 18.7. The SMILES string of the molecule is O=C(NCCCc1ncc[nH]1)c1ccc2nc(Cc3ccc(Cl)cc3)c(-c3ccc(F)cc3)nc2c1.O=C(NCCCc1ncc[nH]1)c1ccc2nc(Cl)c(-c3ccc(F)cc3)nc2c1.[CH2-]c1ccc(Cl)cc1.[Cl][Zn+]. The fraction of sp³-hybridized carbons (Fsp3) is 0.125. The molecule has 376 valence electrons. The van der Waals surface area contributed by atoms with E-state index in [1.54, 1.807) is 85.5 Å². The number of imidazole rings is 2. The molecule has 10 aromatic rings. The Hall–Kier alpha value is -7.13. The van der Waals surface area contributed by atoms with E-state index < -0.39 is 0 Å². The summed E-state index contributed by atoms with van der Waals surface area (Å²) < 4.78 is 26.8. The van der Waals surface area contributed by atoms with E-state index in [1.165, 1.54) is 24.3 Å². The number of rotatable bonds is 14. The fourth-order valence-corrected chi connectivity index (χ4v) is 7.92. The van der Waals surface area contributed by atoms with Crippen molar-refractivity contribution in [2.24, 2.45) is 0 Å². The number of aromatic amines is 2. The van der Waals surface area contributed by atoms with Gasteiger partial charge in [0.25, 0.3) is 11.8 Å². The van der Waals surface area contributed by atoms with Crippen molar-refractivity contribution in [2.45, 2.75) is 32.1 Å². The predicted octanol–water partition coefficient (Wildman–Crippen LogP) is 13.1. The van der Waals surface area contributed by atoms with E-state index in [1.807, 2.05) is 48.5 Å². The minimum atomic E-state index is -0.343. The van der Waals surface area contributed by atoms with Crippen LogP contribution in [0.15, 0.2) is 158 Å². The van der Waals surface area contributed by atoms with Gasteiger partial charge < -0.3 is 20.6 Å². The molecule has 0 spiro atoms. The number of hydrogen-bond donors (Lipinski definition) is 4. The maximum absolute atomic E-state index is 13.6. The van der Waals surface area contributed by atoms with E-state index in [-0.39, 0.29) is 28.6 Å². The summed E-state index contributed by atoms with van der Waals surface area (Å²) in [4.78, 5) is 58.2. The predicted molar refractivity (Wildman–Crippen MR) is 289 cm³/mol. The maximum atomic E-state index is 13.6. The van der Waals surface area contributed by atoms with Crippen LogP contribution in [-0.2, 0) is 36.6 Å². The monoisotopic (exact) mass is 1130 g/mol. The van der Waals surface area contributed by atoms with Crippen molar-refractivity contribution in [2.75, 3.05) is 13.1 Å². The molecule has 0 radical (unpaired) electrons. The van der Waals surface area contributed by atoms with Crippen LogP contribution in [0.4, 0.5) is 8.78 Å². The second-order valence-corrected chi connectivity index (χ2v) is 17.8. The Morgan fingerprint density at radius 2 is 1.00 bits per heavy atom. The average molecular weight is 1140 g/mol. The van der Waals surface area contributed by atoms with Crippen molar-refractivity contribution in [1.29, 1.82) is 0 Å². The Morgan fingerprint density at radius 1 is 0.547 bits per heavy atom. The normalized spacial score (nSPS) is 10.6. The molecule has 0 aliphatic carbocycles. The Kier molecular flexibility index (Phi) is 20.7. The molecule has 0 saturated heterocycles. The van der Waals surface area contributed by atoms with E-state index in [0.717, 1.165) is 82.1 Å². The van der Waals surface area contributed by atoms with Crippen molar-refractivity contribution >= 4 is 78.4 Å². The Morgan fingerprint density at radius 3 is 1.47 bits per heavy atom. The van der Waals surface area contributed by atoms with Gasteiger partial charge in [0.1, 0.15) is 29.0 Å². The van der Waals surface area contributed by atoms with Crippen LogP contribution in [0.3, 0.4) is 0 Å². The summed E-state index contributed by atoms with van der Waals surface area (Å²) in [5, 5.41) is 7.48. The summed E-state index contributed by atoms with van der Waals surface area (Å²) in [6.07, 6.45) is 10.6. The van der Waals surface area contributed by atoms with Gasteiger partial charge in [0, 0.05) is 89.4 Å². The number of H-pyrrole nitrogens is 2. The molecule has 6 aromatic carbocycles. The van der Waals surface area contributed by atoms with Gasteiger partial charge in [0.15, 0.2) is 5.15 Å². The molecule has 2 amide bonds. The summed E-state index contributed by atoms with van der Waals surface area (Å²) in [6, 6.07) is 37.4. The van der Waals surface area contributed by atoms with Crippen molar-refractivity contribution in [3.63, 3.8) is 0 Å². The number of amides is 2. The zero-order chi connectivity index (χ0) is 53.1. The van der Waals surface area contributed by atoms with Crippen molar-refractivity contribution < 1.29 is 35.7 Å². The Balaban J connectivity index is 0.000000188. The van der Waals surface area contributed by atoms with Gasteiger partial charge in [-0.25, -0.2) is 38.7 Å². The third-order valence-electron chi connectivity index (χ3n) is 11.2. The third kappa shape index (κ3) is 16.4. The number of nitrogens with one attached hydrogen (secondary N) is 4. The van der Waals surface area contributed by atoms with Gasteiger partial charge >= 0.3 is 27.0 Å². The van der Waals surface area contributed by atoms with E-state index in [4.69, 9.17) is 54.5 Å². The van der Waals surface area contributed by atoms with Crippen LogP contribution in [-0.4, -0.2) is 64.8 Å². The number of hydrogen-bond acceptors (Lipinski definition) is 8. The molecule has 0 unspecified atom stereocenters. The van der Waals surface area contributed by atoms with E-state index >= 15 is 0 Å². The summed E-state index contributed by atoms with van der Waals surface area (Å²) in [6.45, 7) is 4.77. The minimum absolute atomic E-state index is 0.174. The molecule has 12 nitrogen and oxygen atoms in total. The van der Waals surface area contributed by atoms with Gasteiger partial charge in [0.2, 0.25) is 0 Å². The molecule has 0 aliphatic rings. The molecule has 4 heterocycles. The van der Waals surface area contributed by atoms with Crippen LogP contribution < -0.4 is 10.6 Å². The molecule has 4 aromatic heterocycles. The first kappa shape index (κ1) is 55.6. The molecule has 10 rings (SSSR count). The summed E-state index contributed by atoms with van der Waals surface area (Å²) in [5.74, 6) is 0.763. The second kappa shape index (κ2) is 28.0. The summed E-state index contributed by atoms with van der Waals surface area (Å²) in [7, 11) is 4.76. The molecule has 0 saturated carbocycles. The van der Waals surface area contributed by atoms with Crippen LogP contribution in [0.2, 0.25) is 15.2 Å². The van der Waals surface area contributed by atoms with Gasteiger partial charge in [-0.05, 0) is 115 Å². The number of aryl methyl sites for hydroxylation is 2. The third-order valence-corrected chi connectivity index (χ3v) is 11.9. The van der Waals surface area contributed by atoms with Crippen LogP contribution in [0.25, 0.3) is 44.6 Å². The molecule has 0 bridgehead atoms. The first-order valence-electron chi connectivity index (χ1n) is 23.4. The van der Waals surface area contributed by atoms with Crippen LogP contribution in [0, 0.1) is 18.6 Å². The number of halogens is 6. The van der Waals surface area contributed by atoms with Crippen molar-refractivity contribution in [1.82, 2.24) is 50.5 Å². The topological polar surface area (TPSA) is 167 Å². The number of fused-ring (bicyclic) bond motifs is 2.